The number of H-pyrrole nitrogens is 1. The molecule has 3 aromatic heterocycles. The van der Waals surface area contributed by atoms with Crippen LogP contribution in [0.5, 0.6) is 5.75 Å². The molecule has 1 unspecified atom stereocenters. The van der Waals surface area contributed by atoms with E-state index in [0.717, 1.165) is 59.2 Å². The summed E-state index contributed by atoms with van der Waals surface area (Å²) in [5.41, 5.74) is 3.34. The fraction of sp³-hybridized carbons (Fsp3) is 0.439. The molecule has 6 amide bonds. The average molecular weight is 1070 g/mol. The summed E-state index contributed by atoms with van der Waals surface area (Å²) in [6.45, 7) is 7.74. The molecule has 1 aliphatic carbocycles. The Balaban J connectivity index is 0.922. The number of urea groups is 1. The predicted molar refractivity (Wildman–Crippen MR) is 293 cm³/mol. The molecule has 0 bridgehead atoms. The van der Waals surface area contributed by atoms with Gasteiger partial charge in [-0.2, -0.15) is 0 Å². The van der Waals surface area contributed by atoms with Crippen molar-refractivity contribution in [2.75, 3.05) is 90.0 Å². The number of nitrogens with one attached hydrogen (secondary N) is 2. The second kappa shape index (κ2) is 22.1. The number of rotatable bonds is 16. The number of hydrogen-bond donors (Lipinski definition) is 3. The number of hydrogen-bond acceptors (Lipinski definition) is 13. The summed E-state index contributed by atoms with van der Waals surface area (Å²) in [4.78, 5) is 102. The van der Waals surface area contributed by atoms with Gasteiger partial charge in [0.15, 0.2) is 5.60 Å². The van der Waals surface area contributed by atoms with Crippen molar-refractivity contribution < 1.29 is 43.3 Å². The molecule has 3 aliphatic heterocycles. The predicted octanol–water partition coefficient (Wildman–Crippen LogP) is 6.48. The highest BCUT2D eigenvalue weighted by Gasteiger charge is 2.46. The van der Waals surface area contributed by atoms with E-state index in [4.69, 9.17) is 24.2 Å². The minimum absolute atomic E-state index is 0.0719. The minimum atomic E-state index is -1.42. The molecule has 4 fully saturated rings. The smallest absolute Gasteiger partial charge is 0.409 e. The van der Waals surface area contributed by atoms with E-state index in [9.17, 15) is 33.9 Å². The maximum atomic E-state index is 14.2. The highest BCUT2D eigenvalue weighted by molar-refractivity contribution is 6.07. The van der Waals surface area contributed by atoms with E-state index >= 15 is 0 Å². The number of amides is 6. The number of aryl methyl sites for hydroxylation is 1. The van der Waals surface area contributed by atoms with Gasteiger partial charge in [-0.3, -0.25) is 29.5 Å². The fourth-order valence-electron chi connectivity index (χ4n) is 11.0. The van der Waals surface area contributed by atoms with E-state index in [1.807, 2.05) is 65.7 Å². The highest BCUT2D eigenvalue weighted by atomic mass is 16.6. The van der Waals surface area contributed by atoms with Crippen LogP contribution < -0.4 is 25.4 Å². The normalized spacial score (nSPS) is 19.2. The Morgan fingerprint density at radius 3 is 2.33 bits per heavy atom. The van der Waals surface area contributed by atoms with Crippen molar-refractivity contribution in [3.63, 3.8) is 0 Å². The van der Waals surface area contributed by atoms with Crippen molar-refractivity contribution in [1.29, 1.82) is 0 Å². The Labute approximate surface area is 451 Å². The third-order valence-electron chi connectivity index (χ3n) is 15.7. The van der Waals surface area contributed by atoms with Crippen LogP contribution in [0.1, 0.15) is 67.6 Å². The van der Waals surface area contributed by atoms with Crippen molar-refractivity contribution in [3.8, 4) is 16.9 Å². The number of aromatic nitrogens is 4. The quantitative estimate of drug-likeness (QED) is 0.0943. The molecular formula is C57H67N11O10. The topological polar surface area (TPSA) is 228 Å². The maximum Gasteiger partial charge on any atom is 0.409 e. The number of anilines is 2. The molecule has 78 heavy (non-hydrogen) atoms. The van der Waals surface area contributed by atoms with E-state index < -0.39 is 23.8 Å². The summed E-state index contributed by atoms with van der Waals surface area (Å²) in [5, 5.41) is 13.3. The number of carboxylic acid groups (broad SMARTS) is 1. The second-order valence-electron chi connectivity index (χ2n) is 21.2. The van der Waals surface area contributed by atoms with Gasteiger partial charge in [0.1, 0.15) is 17.9 Å². The van der Waals surface area contributed by atoms with Crippen LogP contribution in [-0.2, 0) is 26.9 Å². The first-order chi connectivity index (χ1) is 37.5. The summed E-state index contributed by atoms with van der Waals surface area (Å²) in [5.74, 6) is 0.819. The number of aromatic amines is 1. The van der Waals surface area contributed by atoms with Crippen LogP contribution in [0.15, 0.2) is 90.0 Å². The lowest BCUT2D eigenvalue weighted by Gasteiger charge is -2.46. The molecule has 0 radical (unpaired) electrons. The molecule has 6 aromatic rings. The number of benzene rings is 3. The zero-order valence-electron chi connectivity index (χ0n) is 44.9. The van der Waals surface area contributed by atoms with Crippen LogP contribution >= 0.6 is 0 Å². The Kier molecular flexibility index (Phi) is 15.1. The third kappa shape index (κ3) is 10.8. The molecule has 21 heteroatoms. The van der Waals surface area contributed by atoms with E-state index in [-0.39, 0.29) is 68.2 Å². The van der Waals surface area contributed by atoms with E-state index in [1.165, 1.54) is 24.0 Å². The highest BCUT2D eigenvalue weighted by Crippen LogP contribution is 2.44. The number of ether oxygens (including phenoxy) is 3. The lowest BCUT2D eigenvalue weighted by molar-refractivity contribution is -0.120. The monoisotopic (exact) mass is 1070 g/mol. The summed E-state index contributed by atoms with van der Waals surface area (Å²) < 4.78 is 20.5. The summed E-state index contributed by atoms with van der Waals surface area (Å²) >= 11 is 0. The Morgan fingerprint density at radius 1 is 0.859 bits per heavy atom. The molecule has 6 heterocycles. The zero-order valence-corrected chi connectivity index (χ0v) is 44.9. The van der Waals surface area contributed by atoms with Crippen LogP contribution in [0.2, 0.25) is 0 Å². The van der Waals surface area contributed by atoms with Gasteiger partial charge in [-0.15, -0.1) is 0 Å². The van der Waals surface area contributed by atoms with Crippen molar-refractivity contribution in [2.45, 2.75) is 69.7 Å². The molecule has 3 saturated heterocycles. The van der Waals surface area contributed by atoms with Crippen LogP contribution in [0.3, 0.4) is 0 Å². The molecule has 4 aliphatic rings. The molecule has 10 rings (SSSR count). The van der Waals surface area contributed by atoms with Gasteiger partial charge in [-0.25, -0.2) is 24.4 Å². The third-order valence-corrected chi connectivity index (χ3v) is 15.7. The van der Waals surface area contributed by atoms with Gasteiger partial charge in [0.25, 0.3) is 11.5 Å². The minimum Gasteiger partial charge on any atom is -0.495 e. The van der Waals surface area contributed by atoms with Gasteiger partial charge in [-0.1, -0.05) is 36.4 Å². The first-order valence-electron chi connectivity index (χ1n) is 26.7. The number of piperidine rings is 1. The molecular weight excluding hydrogens is 999 g/mol. The van der Waals surface area contributed by atoms with Crippen LogP contribution in [0, 0.1) is 5.92 Å². The van der Waals surface area contributed by atoms with Gasteiger partial charge in [0, 0.05) is 126 Å². The Bertz CT molecular complexity index is 3320. The SMILES string of the molecule is COc1ccc(C(=O)N2C[C@H](C)N(CC3CCN(c4nc(C(COC(=O)N(C)CCN(C)C(=O)O)(OC5CC5)c5ccccc5)c5cc(-c6cn(C)c(=O)c7[nH]ccc67)ccc5n4)CC3)C[C@H]2C)cc1N1CCC(=O)NC1=O. The van der Waals surface area contributed by atoms with E-state index in [2.05, 4.69) is 33.9 Å². The van der Waals surface area contributed by atoms with Gasteiger partial charge in [0.05, 0.1) is 30.1 Å². The number of piperazine rings is 1. The zero-order chi connectivity index (χ0) is 55.0. The van der Waals surface area contributed by atoms with Gasteiger partial charge in [-0.05, 0) is 93.0 Å². The van der Waals surface area contributed by atoms with Gasteiger partial charge < -0.3 is 48.5 Å². The number of methoxy groups -OCH3 is 1. The first kappa shape index (κ1) is 53.4. The molecule has 3 aromatic carbocycles. The fourth-order valence-corrected chi connectivity index (χ4v) is 11.0. The standard InChI is InChI=1S/C57H67N11O10/c1-35-31-68(51(70)39-13-17-47(76-6)46(29-39)67-25-21-48(69)60-54(67)72)36(2)30-66(35)32-37-19-23-65(24-20-37)53-59-45-16-12-38(44-33-64(5)52(71)49-42(44)18-22-58-49)28-43(45)50(61-53)57(78-41-14-15-41,40-10-8-7-9-11-40)34-77-56(75)63(4)27-26-62(3)55(73)74/h7-13,16-18,22,28-29,33,35-37,41,58H,14-15,19-21,23-27,30-32,34H2,1-6H3,(H,73,74)(H,60,69,72)/t35-,36+,57?/m0/s1. The number of fused-ring (bicyclic) bond motifs is 2. The second-order valence-corrected chi connectivity index (χ2v) is 21.2. The lowest BCUT2D eigenvalue weighted by atomic mass is 9.87. The van der Waals surface area contributed by atoms with Crippen LogP contribution in [0.25, 0.3) is 32.9 Å². The van der Waals surface area contributed by atoms with Crippen LogP contribution in [0.4, 0.5) is 26.0 Å². The number of carbonyl (C=O) groups is 5. The maximum absolute atomic E-state index is 14.2. The Morgan fingerprint density at radius 2 is 1.62 bits per heavy atom. The number of nitrogens with zero attached hydrogens (tertiary/aromatic N) is 9. The summed E-state index contributed by atoms with van der Waals surface area (Å²) in [7, 11) is 6.24. The van der Waals surface area contributed by atoms with Gasteiger partial charge in [0.2, 0.25) is 11.9 Å². The van der Waals surface area contributed by atoms with Gasteiger partial charge >= 0.3 is 18.2 Å². The van der Waals surface area contributed by atoms with Crippen LogP contribution in [-0.4, -0.2) is 173 Å². The Hall–Kier alpha value is -8.04. The molecule has 3 atom stereocenters. The molecule has 0 spiro atoms. The average Bonchev–Trinajstić information content (AvgIpc) is 4.27. The molecule has 410 valence electrons. The van der Waals surface area contributed by atoms with Crippen molar-refractivity contribution in [2.24, 2.45) is 13.0 Å². The van der Waals surface area contributed by atoms with Crippen molar-refractivity contribution in [3.05, 3.63) is 112 Å². The molecule has 3 N–H and O–H groups in total. The van der Waals surface area contributed by atoms with E-state index in [0.29, 0.717) is 77.2 Å². The number of carbonyl (C=O) groups excluding carboxylic acids is 4. The summed E-state index contributed by atoms with van der Waals surface area (Å²) in [6, 6.07) is 22.1. The molecule has 21 nitrogen and oxygen atoms in total. The van der Waals surface area contributed by atoms with E-state index in [1.54, 1.807) is 43.1 Å². The largest absolute Gasteiger partial charge is 0.495 e. The number of imide groups is 1. The first-order valence-corrected chi connectivity index (χ1v) is 26.7. The number of likely N-dealkylation sites (N-methyl/N-ethyl adjacent to an activating group) is 2. The summed E-state index contributed by atoms with van der Waals surface area (Å²) in [6.07, 6.45) is 5.16. The number of pyridine rings is 1. The lowest BCUT2D eigenvalue weighted by Crippen LogP contribution is -2.59. The van der Waals surface area contributed by atoms with Crippen molar-refractivity contribution in [1.82, 2.24) is 44.4 Å². The molecule has 1 saturated carbocycles. The van der Waals surface area contributed by atoms with Crippen molar-refractivity contribution >= 4 is 63.5 Å².